The first-order chi connectivity index (χ1) is 19.1. The number of nitrogens with one attached hydrogen (secondary N) is 1. The number of methoxy groups -OCH3 is 2. The first kappa shape index (κ1) is 27.5. The van der Waals surface area contributed by atoms with Crippen molar-refractivity contribution in [1.82, 2.24) is 14.9 Å². The molecule has 1 N–H and O–H groups in total. The Bertz CT molecular complexity index is 1150. The largest absolute Gasteiger partial charge is 0.497 e. The minimum atomic E-state index is 0.0725. The van der Waals surface area contributed by atoms with Gasteiger partial charge in [0.2, 0.25) is 0 Å². The summed E-state index contributed by atoms with van der Waals surface area (Å²) in [6.45, 7) is 6.97. The molecule has 0 saturated carbocycles. The van der Waals surface area contributed by atoms with E-state index in [1.807, 2.05) is 18.7 Å². The van der Waals surface area contributed by atoms with Crippen LogP contribution in [-0.2, 0) is 16.1 Å². The Morgan fingerprint density at radius 2 is 2.03 bits per heavy atom. The molecular weight excluding hydrogens is 492 g/mol. The molecule has 1 fully saturated rings. The van der Waals surface area contributed by atoms with Crippen LogP contribution in [0.1, 0.15) is 49.3 Å². The maximum atomic E-state index is 6.65. The van der Waals surface area contributed by atoms with Gasteiger partial charge in [-0.1, -0.05) is 18.2 Å². The topological polar surface area (TPSA) is 70.0 Å². The Balaban J connectivity index is 1.27. The minimum Gasteiger partial charge on any atom is -0.497 e. The third-order valence-electron chi connectivity index (χ3n) is 8.02. The number of nitrogens with zero attached hydrogens (tertiary/aromatic N) is 3. The zero-order valence-electron chi connectivity index (χ0n) is 23.4. The SMILES string of the molecule is COCCCN1CCOc2ccc(CO[C@H]3CN[C@@H](CC(C)n4ccnc4)C[C@@H]3c3ccc(OC)cc3)cc21. The van der Waals surface area contributed by atoms with Gasteiger partial charge in [-0.3, -0.25) is 0 Å². The lowest BCUT2D eigenvalue weighted by Gasteiger charge is -2.38. The summed E-state index contributed by atoms with van der Waals surface area (Å²) in [5.74, 6) is 2.12. The Morgan fingerprint density at radius 1 is 1.15 bits per heavy atom. The fourth-order valence-corrected chi connectivity index (χ4v) is 5.83. The van der Waals surface area contributed by atoms with Gasteiger partial charge in [0.15, 0.2) is 0 Å². The molecule has 1 aromatic heterocycles. The molecule has 5 rings (SSSR count). The van der Waals surface area contributed by atoms with Gasteiger partial charge in [-0.2, -0.15) is 0 Å². The van der Waals surface area contributed by atoms with Crippen molar-refractivity contribution in [3.05, 3.63) is 72.3 Å². The highest BCUT2D eigenvalue weighted by Crippen LogP contribution is 2.36. The van der Waals surface area contributed by atoms with Crippen molar-refractivity contribution in [2.24, 2.45) is 0 Å². The fraction of sp³-hybridized carbons (Fsp3) is 0.516. The van der Waals surface area contributed by atoms with Gasteiger partial charge in [0, 0.05) is 57.2 Å². The van der Waals surface area contributed by atoms with Crippen LogP contribution in [0.2, 0.25) is 0 Å². The zero-order chi connectivity index (χ0) is 27.0. The highest BCUT2D eigenvalue weighted by molar-refractivity contribution is 5.61. The van der Waals surface area contributed by atoms with Crippen LogP contribution in [0.5, 0.6) is 11.5 Å². The Kier molecular flexibility index (Phi) is 9.40. The molecule has 2 aromatic carbocycles. The average molecular weight is 535 g/mol. The molecule has 4 atom stereocenters. The lowest BCUT2D eigenvalue weighted by Crippen LogP contribution is -2.47. The predicted octanol–water partition coefficient (Wildman–Crippen LogP) is 4.81. The molecule has 0 bridgehead atoms. The highest BCUT2D eigenvalue weighted by atomic mass is 16.5. The van der Waals surface area contributed by atoms with Gasteiger partial charge < -0.3 is 33.7 Å². The normalized spacial score (nSPS) is 21.7. The van der Waals surface area contributed by atoms with Crippen molar-refractivity contribution in [2.75, 3.05) is 52.0 Å². The zero-order valence-corrected chi connectivity index (χ0v) is 23.4. The molecule has 0 spiro atoms. The molecule has 8 heteroatoms. The first-order valence-corrected chi connectivity index (χ1v) is 14.1. The minimum absolute atomic E-state index is 0.0725. The molecule has 0 amide bonds. The summed E-state index contributed by atoms with van der Waals surface area (Å²) >= 11 is 0. The van der Waals surface area contributed by atoms with E-state index >= 15 is 0 Å². The smallest absolute Gasteiger partial charge is 0.142 e. The number of hydrogen-bond acceptors (Lipinski definition) is 7. The van der Waals surface area contributed by atoms with E-state index in [0.29, 0.717) is 31.2 Å². The maximum Gasteiger partial charge on any atom is 0.142 e. The van der Waals surface area contributed by atoms with Gasteiger partial charge in [0.1, 0.15) is 18.1 Å². The van der Waals surface area contributed by atoms with Gasteiger partial charge in [-0.15, -0.1) is 0 Å². The summed E-state index contributed by atoms with van der Waals surface area (Å²) in [7, 11) is 3.46. The van der Waals surface area contributed by atoms with Crippen molar-refractivity contribution in [1.29, 1.82) is 0 Å². The van der Waals surface area contributed by atoms with Crippen molar-refractivity contribution in [2.45, 2.75) is 56.9 Å². The van der Waals surface area contributed by atoms with Crippen molar-refractivity contribution in [3.8, 4) is 11.5 Å². The number of imidazole rings is 1. The van der Waals surface area contributed by atoms with Crippen molar-refractivity contribution in [3.63, 3.8) is 0 Å². The molecule has 39 heavy (non-hydrogen) atoms. The molecule has 2 aliphatic rings. The average Bonchev–Trinajstić information content (AvgIpc) is 3.52. The van der Waals surface area contributed by atoms with Crippen LogP contribution in [0.25, 0.3) is 0 Å². The second-order valence-corrected chi connectivity index (χ2v) is 10.6. The fourth-order valence-electron chi connectivity index (χ4n) is 5.83. The number of fused-ring (bicyclic) bond motifs is 1. The van der Waals surface area contributed by atoms with Crippen molar-refractivity contribution < 1.29 is 18.9 Å². The van der Waals surface area contributed by atoms with E-state index in [2.05, 4.69) is 69.2 Å². The molecule has 1 saturated heterocycles. The summed E-state index contributed by atoms with van der Waals surface area (Å²) in [5, 5.41) is 3.78. The lowest BCUT2D eigenvalue weighted by molar-refractivity contribution is 0.00135. The standard InChI is InChI=1S/C31H42N4O4/c1-23(35-13-11-32-22-35)17-26-19-28(25-6-8-27(37-3)9-7-25)31(20-33-26)39-21-24-5-10-30-29(18-24)34(14-16-38-30)12-4-15-36-2/h5-11,13,18,22-23,26,28,31,33H,4,12,14-17,19-21H2,1-3H3/t23?,26-,28+,31-/m0/s1. The van der Waals surface area contributed by atoms with E-state index in [1.54, 1.807) is 14.2 Å². The van der Waals surface area contributed by atoms with E-state index < -0.39 is 0 Å². The Morgan fingerprint density at radius 3 is 2.79 bits per heavy atom. The summed E-state index contributed by atoms with van der Waals surface area (Å²) in [6.07, 6.45) is 8.92. The predicted molar refractivity (Wildman–Crippen MR) is 153 cm³/mol. The third-order valence-corrected chi connectivity index (χ3v) is 8.02. The van der Waals surface area contributed by atoms with Gasteiger partial charge in [0.05, 0.1) is 38.4 Å². The highest BCUT2D eigenvalue weighted by Gasteiger charge is 2.33. The molecule has 0 radical (unpaired) electrons. The van der Waals surface area contributed by atoms with E-state index in [9.17, 15) is 0 Å². The Labute approximate surface area is 232 Å². The molecule has 3 heterocycles. The molecule has 1 unspecified atom stereocenters. The lowest BCUT2D eigenvalue weighted by atomic mass is 9.82. The molecule has 3 aromatic rings. The first-order valence-electron chi connectivity index (χ1n) is 14.1. The van der Waals surface area contributed by atoms with Crippen LogP contribution in [-0.4, -0.2) is 68.8 Å². The van der Waals surface area contributed by atoms with Crippen LogP contribution in [0, 0.1) is 0 Å². The number of rotatable bonds is 12. The van der Waals surface area contributed by atoms with E-state index in [1.165, 1.54) is 11.1 Å². The van der Waals surface area contributed by atoms with E-state index in [-0.39, 0.29) is 6.10 Å². The summed E-state index contributed by atoms with van der Waals surface area (Å²) in [5.41, 5.74) is 3.62. The molecule has 0 aliphatic carbocycles. The van der Waals surface area contributed by atoms with Gasteiger partial charge in [0.25, 0.3) is 0 Å². The summed E-state index contributed by atoms with van der Waals surface area (Å²) in [6, 6.07) is 15.7. The van der Waals surface area contributed by atoms with Crippen LogP contribution in [0.3, 0.4) is 0 Å². The van der Waals surface area contributed by atoms with Crippen LogP contribution >= 0.6 is 0 Å². The number of anilines is 1. The summed E-state index contributed by atoms with van der Waals surface area (Å²) < 4.78 is 25.5. The number of piperidine rings is 1. The van der Waals surface area contributed by atoms with Crippen molar-refractivity contribution >= 4 is 5.69 Å². The Hall–Kier alpha value is -3.07. The van der Waals surface area contributed by atoms with Crippen LogP contribution in [0.15, 0.2) is 61.2 Å². The number of benzene rings is 2. The molecular formula is C31H42N4O4. The third kappa shape index (κ3) is 6.93. The molecule has 2 aliphatic heterocycles. The second kappa shape index (κ2) is 13.3. The monoisotopic (exact) mass is 534 g/mol. The van der Waals surface area contributed by atoms with E-state index in [4.69, 9.17) is 18.9 Å². The quantitative estimate of drug-likeness (QED) is 0.335. The number of ether oxygens (including phenoxy) is 4. The van der Waals surface area contributed by atoms with Gasteiger partial charge >= 0.3 is 0 Å². The molecule has 8 nitrogen and oxygen atoms in total. The summed E-state index contributed by atoms with van der Waals surface area (Å²) in [4.78, 5) is 6.62. The van der Waals surface area contributed by atoms with E-state index in [0.717, 1.165) is 62.7 Å². The number of hydrogen-bond donors (Lipinski definition) is 1. The second-order valence-electron chi connectivity index (χ2n) is 10.6. The number of aromatic nitrogens is 2. The maximum absolute atomic E-state index is 6.65. The molecule has 210 valence electrons. The van der Waals surface area contributed by atoms with Crippen LogP contribution < -0.4 is 19.7 Å². The van der Waals surface area contributed by atoms with Gasteiger partial charge in [-0.25, -0.2) is 4.98 Å². The van der Waals surface area contributed by atoms with Gasteiger partial charge in [-0.05, 0) is 61.6 Å². The van der Waals surface area contributed by atoms with Crippen LogP contribution in [0.4, 0.5) is 5.69 Å².